The summed E-state index contributed by atoms with van der Waals surface area (Å²) in [5.41, 5.74) is 2.06. The summed E-state index contributed by atoms with van der Waals surface area (Å²) < 4.78 is 100. The van der Waals surface area contributed by atoms with E-state index >= 15 is 0 Å². The first-order chi connectivity index (χ1) is 15.9. The number of halogens is 7. The lowest BCUT2D eigenvalue weighted by atomic mass is 9.77. The number of hydrogen-bond donors (Lipinski definition) is 0. The summed E-state index contributed by atoms with van der Waals surface area (Å²) in [6.07, 6.45) is -11.3. The van der Waals surface area contributed by atoms with Crippen LogP contribution in [0.3, 0.4) is 0 Å². The highest BCUT2D eigenvalue weighted by molar-refractivity contribution is 5.64. The molecule has 1 saturated carbocycles. The van der Waals surface area contributed by atoms with E-state index < -0.39 is 30.0 Å². The second-order valence-corrected chi connectivity index (χ2v) is 8.61. The normalized spacial score (nSPS) is 21.2. The van der Waals surface area contributed by atoms with Gasteiger partial charge in [0.2, 0.25) is 0 Å². The standard InChI is InChI=1S/C25H27F7O2/c1-3-33-15(2)16-4-6-17(7-5-16)18-8-10-19(11-9-18)20-12-13-22(21(26)14-20)34-25(31,32)23(27)24(28,29)30/h8-17,23H,3-7H2,1-2H3. The van der Waals surface area contributed by atoms with E-state index in [1.807, 2.05) is 19.1 Å². The van der Waals surface area contributed by atoms with Crippen molar-refractivity contribution in [1.29, 1.82) is 0 Å². The van der Waals surface area contributed by atoms with Crippen molar-refractivity contribution in [3.05, 3.63) is 53.8 Å². The molecule has 1 fully saturated rings. The number of alkyl halides is 6. The van der Waals surface area contributed by atoms with Gasteiger partial charge in [0.05, 0.1) is 6.10 Å². The van der Waals surface area contributed by atoms with Crippen molar-refractivity contribution in [3.63, 3.8) is 0 Å². The fourth-order valence-corrected chi connectivity index (χ4v) is 4.42. The Labute approximate surface area is 194 Å². The summed E-state index contributed by atoms with van der Waals surface area (Å²) in [4.78, 5) is 0. The number of rotatable bonds is 8. The Balaban J connectivity index is 1.66. The van der Waals surface area contributed by atoms with Crippen molar-refractivity contribution in [2.45, 2.75) is 70.0 Å². The molecule has 2 aromatic rings. The second-order valence-electron chi connectivity index (χ2n) is 8.61. The Morgan fingerprint density at radius 1 is 0.912 bits per heavy atom. The first kappa shape index (κ1) is 26.3. The molecule has 2 aromatic carbocycles. The van der Waals surface area contributed by atoms with Crippen molar-refractivity contribution in [1.82, 2.24) is 0 Å². The predicted octanol–water partition coefficient (Wildman–Crippen LogP) is 8.06. The van der Waals surface area contributed by atoms with Crippen LogP contribution in [0.25, 0.3) is 11.1 Å². The van der Waals surface area contributed by atoms with Crippen LogP contribution >= 0.6 is 0 Å². The summed E-state index contributed by atoms with van der Waals surface area (Å²) in [6, 6.07) is 10.3. The van der Waals surface area contributed by atoms with E-state index in [0.29, 0.717) is 29.6 Å². The molecule has 0 saturated heterocycles. The quantitative estimate of drug-likeness (QED) is 0.347. The second kappa shape index (κ2) is 10.5. The van der Waals surface area contributed by atoms with Gasteiger partial charge >= 0.3 is 12.3 Å². The maximum atomic E-state index is 14.3. The van der Waals surface area contributed by atoms with Crippen LogP contribution in [-0.2, 0) is 4.74 Å². The average molecular weight is 492 g/mol. The van der Waals surface area contributed by atoms with Gasteiger partial charge in [-0.15, -0.1) is 0 Å². The van der Waals surface area contributed by atoms with Crippen molar-refractivity contribution >= 4 is 0 Å². The van der Waals surface area contributed by atoms with Gasteiger partial charge in [-0.05, 0) is 80.2 Å². The van der Waals surface area contributed by atoms with Crippen molar-refractivity contribution in [2.24, 2.45) is 5.92 Å². The number of hydrogen-bond acceptors (Lipinski definition) is 2. The van der Waals surface area contributed by atoms with Gasteiger partial charge in [0, 0.05) is 6.61 Å². The summed E-state index contributed by atoms with van der Waals surface area (Å²) in [7, 11) is 0. The van der Waals surface area contributed by atoms with Gasteiger partial charge in [-0.2, -0.15) is 22.0 Å². The molecule has 2 atom stereocenters. The molecule has 0 aliphatic heterocycles. The van der Waals surface area contributed by atoms with E-state index in [0.717, 1.165) is 43.4 Å². The van der Waals surface area contributed by atoms with Crippen LogP contribution in [0.5, 0.6) is 5.75 Å². The zero-order valence-corrected chi connectivity index (χ0v) is 18.8. The van der Waals surface area contributed by atoms with E-state index in [9.17, 15) is 30.7 Å². The molecule has 34 heavy (non-hydrogen) atoms. The molecule has 0 amide bonds. The lowest BCUT2D eigenvalue weighted by Crippen LogP contribution is -2.45. The maximum Gasteiger partial charge on any atom is 0.439 e. The molecule has 0 aromatic heterocycles. The highest BCUT2D eigenvalue weighted by Crippen LogP contribution is 2.40. The molecule has 9 heteroatoms. The minimum Gasteiger partial charge on any atom is -0.427 e. The molecule has 0 spiro atoms. The Hall–Kier alpha value is -2.29. The number of ether oxygens (including phenoxy) is 2. The zero-order chi connectivity index (χ0) is 25.1. The molecule has 2 unspecified atom stereocenters. The molecular formula is C25H27F7O2. The maximum absolute atomic E-state index is 14.3. The Bertz CT molecular complexity index is 935. The van der Waals surface area contributed by atoms with E-state index in [-0.39, 0.29) is 6.10 Å². The minimum absolute atomic E-state index is 0.236. The lowest BCUT2D eigenvalue weighted by molar-refractivity contribution is -0.305. The largest absolute Gasteiger partial charge is 0.439 e. The van der Waals surface area contributed by atoms with Crippen LogP contribution in [-0.4, -0.2) is 31.2 Å². The molecule has 2 nitrogen and oxygen atoms in total. The average Bonchev–Trinajstić information content (AvgIpc) is 2.79. The van der Waals surface area contributed by atoms with Crippen LogP contribution in [0.2, 0.25) is 0 Å². The minimum atomic E-state index is -5.84. The highest BCUT2D eigenvalue weighted by Gasteiger charge is 2.59. The van der Waals surface area contributed by atoms with Crippen molar-refractivity contribution < 1.29 is 40.2 Å². The van der Waals surface area contributed by atoms with Gasteiger partial charge < -0.3 is 9.47 Å². The molecule has 0 bridgehead atoms. The smallest absolute Gasteiger partial charge is 0.427 e. The fraction of sp³-hybridized carbons (Fsp3) is 0.520. The van der Waals surface area contributed by atoms with Crippen LogP contribution in [0.15, 0.2) is 42.5 Å². The van der Waals surface area contributed by atoms with E-state index in [1.165, 1.54) is 6.07 Å². The van der Waals surface area contributed by atoms with Gasteiger partial charge in [0.25, 0.3) is 6.17 Å². The molecular weight excluding hydrogens is 465 g/mol. The van der Waals surface area contributed by atoms with Crippen LogP contribution in [0.4, 0.5) is 30.7 Å². The number of benzene rings is 2. The third-order valence-corrected chi connectivity index (χ3v) is 6.34. The molecule has 0 N–H and O–H groups in total. The third-order valence-electron chi connectivity index (χ3n) is 6.34. The summed E-state index contributed by atoms with van der Waals surface area (Å²) >= 11 is 0. The van der Waals surface area contributed by atoms with Gasteiger partial charge in [-0.3, -0.25) is 0 Å². The van der Waals surface area contributed by atoms with Gasteiger partial charge in [-0.25, -0.2) is 8.78 Å². The molecule has 1 aliphatic rings. The first-order valence-electron chi connectivity index (χ1n) is 11.2. The Morgan fingerprint density at radius 3 is 2.03 bits per heavy atom. The Morgan fingerprint density at radius 2 is 1.50 bits per heavy atom. The lowest BCUT2D eigenvalue weighted by Gasteiger charge is -2.32. The molecule has 1 aliphatic carbocycles. The molecule has 0 radical (unpaired) electrons. The molecule has 0 heterocycles. The van der Waals surface area contributed by atoms with Crippen LogP contribution in [0, 0.1) is 11.7 Å². The summed E-state index contributed by atoms with van der Waals surface area (Å²) in [5, 5.41) is 0. The third kappa shape index (κ3) is 6.23. The summed E-state index contributed by atoms with van der Waals surface area (Å²) in [6.45, 7) is 4.79. The van der Waals surface area contributed by atoms with Gasteiger partial charge in [0.15, 0.2) is 11.6 Å². The Kier molecular flexibility index (Phi) is 8.16. The fourth-order valence-electron chi connectivity index (χ4n) is 4.42. The first-order valence-corrected chi connectivity index (χ1v) is 11.2. The monoisotopic (exact) mass is 492 g/mol. The van der Waals surface area contributed by atoms with Gasteiger partial charge in [-0.1, -0.05) is 30.3 Å². The molecule has 3 rings (SSSR count). The van der Waals surface area contributed by atoms with E-state index in [2.05, 4.69) is 11.7 Å². The van der Waals surface area contributed by atoms with Crippen molar-refractivity contribution in [3.8, 4) is 16.9 Å². The van der Waals surface area contributed by atoms with Crippen LogP contribution < -0.4 is 4.74 Å². The van der Waals surface area contributed by atoms with Crippen LogP contribution in [0.1, 0.15) is 51.0 Å². The summed E-state index contributed by atoms with van der Waals surface area (Å²) in [5.74, 6) is -1.56. The topological polar surface area (TPSA) is 18.5 Å². The van der Waals surface area contributed by atoms with E-state index in [4.69, 9.17) is 4.74 Å². The highest BCUT2D eigenvalue weighted by atomic mass is 19.4. The SMILES string of the molecule is CCOC(C)C1CCC(c2ccc(-c3ccc(OC(F)(F)C(F)C(F)(F)F)c(F)c3)cc2)CC1. The molecule has 188 valence electrons. The van der Waals surface area contributed by atoms with E-state index in [1.54, 1.807) is 12.1 Å². The predicted molar refractivity (Wildman–Crippen MR) is 114 cm³/mol. The van der Waals surface area contributed by atoms with Crippen molar-refractivity contribution in [2.75, 3.05) is 6.61 Å². The zero-order valence-electron chi connectivity index (χ0n) is 18.8. The van der Waals surface area contributed by atoms with Gasteiger partial charge in [0.1, 0.15) is 0 Å².